The van der Waals surface area contributed by atoms with Crippen LogP contribution in [0.5, 0.6) is 0 Å². The average Bonchev–Trinajstić information content (AvgIpc) is 3.32. The van der Waals surface area contributed by atoms with E-state index in [-0.39, 0.29) is 18.0 Å². The maximum atomic E-state index is 12.2. The van der Waals surface area contributed by atoms with Gasteiger partial charge in [0.1, 0.15) is 12.2 Å². The smallest absolute Gasteiger partial charge is 0.267 e. The zero-order valence-electron chi connectivity index (χ0n) is 13.2. The predicted molar refractivity (Wildman–Crippen MR) is 93.7 cm³/mol. The number of allylic oxidation sites excluding steroid dienone is 2. The van der Waals surface area contributed by atoms with Gasteiger partial charge in [0.05, 0.1) is 4.88 Å². The predicted octanol–water partition coefficient (Wildman–Crippen LogP) is 2.30. The molecule has 0 unspecified atom stereocenters. The summed E-state index contributed by atoms with van der Waals surface area (Å²) in [4.78, 5) is 25.1. The number of amides is 1. The van der Waals surface area contributed by atoms with Crippen molar-refractivity contribution in [2.45, 2.75) is 19.4 Å². The number of rotatable bonds is 5. The van der Waals surface area contributed by atoms with Crippen LogP contribution < -0.4 is 10.9 Å². The van der Waals surface area contributed by atoms with Gasteiger partial charge in [0, 0.05) is 12.6 Å². The van der Waals surface area contributed by atoms with E-state index in [1.165, 1.54) is 17.2 Å². The van der Waals surface area contributed by atoms with E-state index in [1.54, 1.807) is 17.4 Å². The van der Waals surface area contributed by atoms with Crippen LogP contribution in [0.1, 0.15) is 12.8 Å². The highest BCUT2D eigenvalue weighted by molar-refractivity contribution is 7.13. The number of hydrogen-bond donors (Lipinski definition) is 1. The second kappa shape index (κ2) is 6.36. The fourth-order valence-electron chi connectivity index (χ4n) is 3.68. The molecule has 4 rings (SSSR count). The third kappa shape index (κ3) is 3.06. The van der Waals surface area contributed by atoms with Gasteiger partial charge in [0.25, 0.3) is 5.56 Å². The van der Waals surface area contributed by atoms with E-state index in [1.807, 2.05) is 17.5 Å². The summed E-state index contributed by atoms with van der Waals surface area (Å²) >= 11 is 1.56. The van der Waals surface area contributed by atoms with Crippen molar-refractivity contribution >= 4 is 17.2 Å². The molecule has 5 nitrogen and oxygen atoms in total. The second-order valence-corrected chi connectivity index (χ2v) is 7.48. The first-order valence-corrected chi connectivity index (χ1v) is 9.14. The van der Waals surface area contributed by atoms with Gasteiger partial charge >= 0.3 is 0 Å². The molecule has 2 bridgehead atoms. The maximum absolute atomic E-state index is 12.2. The van der Waals surface area contributed by atoms with Gasteiger partial charge in [0.2, 0.25) is 5.91 Å². The van der Waals surface area contributed by atoms with Crippen LogP contribution in [0.25, 0.3) is 10.6 Å². The SMILES string of the molecule is O=C(Cn1nc(-c2cccs2)ccc1=O)NC[C@H]1C[C@@H]2C=C[C@@H]1C2. The van der Waals surface area contributed by atoms with Crippen LogP contribution in [-0.2, 0) is 11.3 Å². The van der Waals surface area contributed by atoms with Gasteiger partial charge in [0.15, 0.2) is 0 Å². The zero-order chi connectivity index (χ0) is 16.5. The first-order valence-electron chi connectivity index (χ1n) is 8.26. The van der Waals surface area contributed by atoms with Gasteiger partial charge in [-0.15, -0.1) is 11.3 Å². The molecule has 2 aromatic heterocycles. The lowest BCUT2D eigenvalue weighted by molar-refractivity contribution is -0.122. The number of aromatic nitrogens is 2. The van der Waals surface area contributed by atoms with Crippen molar-refractivity contribution in [3.05, 3.63) is 52.2 Å². The van der Waals surface area contributed by atoms with Gasteiger partial charge in [-0.05, 0) is 48.1 Å². The van der Waals surface area contributed by atoms with E-state index < -0.39 is 0 Å². The molecule has 24 heavy (non-hydrogen) atoms. The molecule has 6 heteroatoms. The molecule has 0 radical (unpaired) electrons. The number of carbonyl (C=O) groups is 1. The van der Waals surface area contributed by atoms with Crippen LogP contribution in [0.3, 0.4) is 0 Å². The Morgan fingerprint density at radius 3 is 2.92 bits per heavy atom. The minimum absolute atomic E-state index is 0.0330. The van der Waals surface area contributed by atoms with Gasteiger partial charge in [-0.25, -0.2) is 4.68 Å². The van der Waals surface area contributed by atoms with Crippen LogP contribution in [0, 0.1) is 17.8 Å². The number of thiophene rings is 1. The summed E-state index contributed by atoms with van der Waals surface area (Å²) in [6, 6.07) is 7.05. The Morgan fingerprint density at radius 2 is 2.21 bits per heavy atom. The van der Waals surface area contributed by atoms with E-state index in [0.29, 0.717) is 24.3 Å². The zero-order valence-corrected chi connectivity index (χ0v) is 14.0. The van der Waals surface area contributed by atoms with Crippen molar-refractivity contribution in [3.63, 3.8) is 0 Å². The average molecular weight is 341 g/mol. The Balaban J connectivity index is 1.39. The third-order valence-corrected chi connectivity index (χ3v) is 5.80. The number of nitrogens with zero attached hydrogens (tertiary/aromatic N) is 2. The highest BCUT2D eigenvalue weighted by atomic mass is 32.1. The van der Waals surface area contributed by atoms with E-state index in [4.69, 9.17) is 0 Å². The quantitative estimate of drug-likeness (QED) is 0.849. The monoisotopic (exact) mass is 341 g/mol. The molecular weight excluding hydrogens is 322 g/mol. The van der Waals surface area contributed by atoms with E-state index in [2.05, 4.69) is 22.6 Å². The van der Waals surface area contributed by atoms with Gasteiger partial charge in [-0.2, -0.15) is 5.10 Å². The molecule has 2 aliphatic carbocycles. The van der Waals surface area contributed by atoms with E-state index in [9.17, 15) is 9.59 Å². The van der Waals surface area contributed by atoms with Gasteiger partial charge in [-0.1, -0.05) is 18.2 Å². The van der Waals surface area contributed by atoms with Crippen molar-refractivity contribution in [2.24, 2.45) is 17.8 Å². The van der Waals surface area contributed by atoms with Crippen LogP contribution in [0.15, 0.2) is 46.6 Å². The summed E-state index contributed by atoms with van der Waals surface area (Å²) < 4.78 is 1.24. The first-order chi connectivity index (χ1) is 11.7. The molecule has 3 atom stereocenters. The molecule has 2 aliphatic rings. The topological polar surface area (TPSA) is 64.0 Å². The summed E-state index contributed by atoms with van der Waals surface area (Å²) in [5, 5.41) is 9.25. The lowest BCUT2D eigenvalue weighted by Gasteiger charge is -2.18. The number of hydrogen-bond acceptors (Lipinski definition) is 4. The van der Waals surface area contributed by atoms with E-state index >= 15 is 0 Å². The Bertz CT molecular complexity index is 825. The van der Waals surface area contributed by atoms with Crippen LogP contribution in [0.2, 0.25) is 0 Å². The molecular formula is C18H19N3O2S. The number of carbonyl (C=O) groups excluding carboxylic acids is 1. The maximum Gasteiger partial charge on any atom is 0.267 e. The lowest BCUT2D eigenvalue weighted by Crippen LogP contribution is -2.36. The number of nitrogens with one attached hydrogen (secondary N) is 1. The minimum atomic E-state index is -0.256. The number of fused-ring (bicyclic) bond motifs is 2. The highest BCUT2D eigenvalue weighted by Gasteiger charge is 2.35. The fourth-order valence-corrected chi connectivity index (χ4v) is 4.37. The molecule has 1 fully saturated rings. The summed E-state index contributed by atoms with van der Waals surface area (Å²) in [5.74, 6) is 1.69. The lowest BCUT2D eigenvalue weighted by atomic mass is 9.94. The van der Waals surface area contributed by atoms with Crippen molar-refractivity contribution in [2.75, 3.05) is 6.54 Å². The Kier molecular flexibility index (Phi) is 4.06. The van der Waals surface area contributed by atoms with Crippen molar-refractivity contribution in [1.82, 2.24) is 15.1 Å². The molecule has 1 saturated carbocycles. The summed E-state index contributed by atoms with van der Waals surface area (Å²) in [6.07, 6.45) is 6.96. The van der Waals surface area contributed by atoms with Gasteiger partial charge in [-0.3, -0.25) is 9.59 Å². The molecule has 2 aromatic rings. The summed E-state index contributed by atoms with van der Waals surface area (Å²) in [5.41, 5.74) is 0.462. The molecule has 0 aliphatic heterocycles. The molecule has 124 valence electrons. The second-order valence-electron chi connectivity index (χ2n) is 6.54. The fraction of sp³-hybridized carbons (Fsp3) is 0.389. The first kappa shape index (κ1) is 15.3. The van der Waals surface area contributed by atoms with Crippen molar-refractivity contribution < 1.29 is 4.79 Å². The molecule has 0 saturated heterocycles. The molecule has 2 heterocycles. The van der Waals surface area contributed by atoms with Crippen LogP contribution in [-0.4, -0.2) is 22.2 Å². The summed E-state index contributed by atoms with van der Waals surface area (Å²) in [6.45, 7) is 0.651. The van der Waals surface area contributed by atoms with Gasteiger partial charge < -0.3 is 5.32 Å². The van der Waals surface area contributed by atoms with Crippen molar-refractivity contribution in [1.29, 1.82) is 0 Å². The minimum Gasteiger partial charge on any atom is -0.354 e. The molecule has 1 N–H and O–H groups in total. The standard InChI is InChI=1S/C18H19N3O2S/c22-17(19-10-14-9-12-3-4-13(14)8-12)11-21-18(23)6-5-15(20-21)16-2-1-7-24-16/h1-7,12-14H,8-11H2,(H,19,22)/t12-,13-,14-/m1/s1. The molecule has 0 aromatic carbocycles. The molecule has 1 amide bonds. The van der Waals surface area contributed by atoms with Crippen molar-refractivity contribution in [3.8, 4) is 10.6 Å². The summed E-state index contributed by atoms with van der Waals surface area (Å²) in [7, 11) is 0. The molecule has 0 spiro atoms. The Morgan fingerprint density at radius 1 is 1.29 bits per heavy atom. The normalized spacial score (nSPS) is 24.4. The van der Waals surface area contributed by atoms with E-state index in [0.717, 1.165) is 17.0 Å². The van der Waals surface area contributed by atoms with Crippen LogP contribution in [0.4, 0.5) is 0 Å². The Labute approximate surface area is 144 Å². The largest absolute Gasteiger partial charge is 0.354 e. The van der Waals surface area contributed by atoms with Crippen LogP contribution >= 0.6 is 11.3 Å². The highest BCUT2D eigenvalue weighted by Crippen LogP contribution is 2.42. The third-order valence-electron chi connectivity index (χ3n) is 4.91. The Hall–Kier alpha value is -2.21.